The fraction of sp³-hybridized carbons (Fsp3) is 0.292. The molecular weight excluding hydrogens is 412 g/mol. The third-order valence-corrected chi connectivity index (χ3v) is 6.21. The molecule has 0 saturated heterocycles. The summed E-state index contributed by atoms with van der Waals surface area (Å²) in [6.45, 7) is 6.48. The van der Waals surface area contributed by atoms with E-state index >= 15 is 0 Å². The molecule has 160 valence electrons. The minimum absolute atomic E-state index is 0.109. The Morgan fingerprint density at radius 3 is 2.58 bits per heavy atom. The van der Waals surface area contributed by atoms with Gasteiger partial charge in [-0.15, -0.1) is 11.3 Å². The molecule has 0 radical (unpaired) electrons. The SMILES string of the molecule is CCc1nc2scc(-c3ccc(C(C)C)cc3)c2c(=O)n1Cc1ccc(C(=O)OC)o1. The molecule has 3 aromatic heterocycles. The van der Waals surface area contributed by atoms with Crippen LogP contribution >= 0.6 is 11.3 Å². The lowest BCUT2D eigenvalue weighted by Crippen LogP contribution is -2.25. The zero-order chi connectivity index (χ0) is 22.1. The Kier molecular flexibility index (Phi) is 5.78. The van der Waals surface area contributed by atoms with Gasteiger partial charge >= 0.3 is 5.97 Å². The van der Waals surface area contributed by atoms with Crippen LogP contribution in [-0.2, 0) is 17.7 Å². The largest absolute Gasteiger partial charge is 0.463 e. The number of rotatable bonds is 6. The van der Waals surface area contributed by atoms with Gasteiger partial charge in [-0.3, -0.25) is 9.36 Å². The van der Waals surface area contributed by atoms with Crippen molar-refractivity contribution in [2.75, 3.05) is 7.11 Å². The van der Waals surface area contributed by atoms with E-state index in [-0.39, 0.29) is 17.9 Å². The van der Waals surface area contributed by atoms with Crippen LogP contribution < -0.4 is 5.56 Å². The van der Waals surface area contributed by atoms with E-state index in [1.54, 1.807) is 16.7 Å². The highest BCUT2D eigenvalue weighted by atomic mass is 32.1. The number of nitrogens with zero attached hydrogens (tertiary/aromatic N) is 2. The molecule has 0 bridgehead atoms. The molecule has 0 aliphatic carbocycles. The van der Waals surface area contributed by atoms with Crippen molar-refractivity contribution in [3.05, 3.63) is 75.0 Å². The number of aryl methyl sites for hydroxylation is 1. The number of ether oxygens (including phenoxy) is 1. The Morgan fingerprint density at radius 1 is 1.19 bits per heavy atom. The standard InChI is InChI=1S/C24H24N2O4S/c1-5-20-25-22-21(18(13-31-22)16-8-6-15(7-9-16)14(2)3)23(27)26(20)12-17-10-11-19(30-17)24(28)29-4/h6-11,13-14H,5,12H2,1-4H3. The van der Waals surface area contributed by atoms with Crippen LogP contribution in [0.4, 0.5) is 0 Å². The smallest absolute Gasteiger partial charge is 0.373 e. The Hall–Kier alpha value is -3.19. The van der Waals surface area contributed by atoms with Crippen molar-refractivity contribution in [1.82, 2.24) is 9.55 Å². The number of hydrogen-bond donors (Lipinski definition) is 0. The highest BCUT2D eigenvalue weighted by molar-refractivity contribution is 7.17. The summed E-state index contributed by atoms with van der Waals surface area (Å²) in [6, 6.07) is 11.6. The van der Waals surface area contributed by atoms with Crippen LogP contribution in [0.25, 0.3) is 21.3 Å². The molecule has 3 heterocycles. The number of furan rings is 1. The second kappa shape index (κ2) is 8.51. The maximum absolute atomic E-state index is 13.5. The summed E-state index contributed by atoms with van der Waals surface area (Å²) in [5.74, 6) is 1.18. The van der Waals surface area contributed by atoms with E-state index in [4.69, 9.17) is 14.1 Å². The number of thiophene rings is 1. The van der Waals surface area contributed by atoms with Gasteiger partial charge in [0, 0.05) is 17.4 Å². The number of esters is 1. The molecule has 0 saturated carbocycles. The Balaban J connectivity index is 1.80. The number of carbonyl (C=O) groups is 1. The quantitative estimate of drug-likeness (QED) is 0.387. The second-order valence-electron chi connectivity index (χ2n) is 7.64. The summed E-state index contributed by atoms with van der Waals surface area (Å²) >= 11 is 1.48. The van der Waals surface area contributed by atoms with Crippen molar-refractivity contribution in [2.45, 2.75) is 39.7 Å². The molecule has 0 unspecified atom stereocenters. The van der Waals surface area contributed by atoms with Crippen LogP contribution in [0.2, 0.25) is 0 Å². The first-order chi connectivity index (χ1) is 14.9. The number of benzene rings is 1. The third-order valence-electron chi connectivity index (χ3n) is 5.34. The average Bonchev–Trinajstić information content (AvgIpc) is 3.42. The van der Waals surface area contributed by atoms with Gasteiger partial charge in [0.15, 0.2) is 0 Å². The lowest BCUT2D eigenvalue weighted by atomic mass is 9.99. The van der Waals surface area contributed by atoms with Crippen LogP contribution in [-0.4, -0.2) is 22.6 Å². The van der Waals surface area contributed by atoms with Crippen molar-refractivity contribution in [2.24, 2.45) is 0 Å². The fourth-order valence-electron chi connectivity index (χ4n) is 3.59. The van der Waals surface area contributed by atoms with Crippen molar-refractivity contribution < 1.29 is 13.9 Å². The van der Waals surface area contributed by atoms with Crippen molar-refractivity contribution in [1.29, 1.82) is 0 Å². The maximum atomic E-state index is 13.5. The number of carbonyl (C=O) groups excluding carboxylic acids is 1. The zero-order valence-electron chi connectivity index (χ0n) is 18.0. The van der Waals surface area contributed by atoms with E-state index in [1.165, 1.54) is 24.0 Å². The van der Waals surface area contributed by atoms with Gasteiger partial charge in [0.05, 0.1) is 19.0 Å². The monoisotopic (exact) mass is 436 g/mol. The summed E-state index contributed by atoms with van der Waals surface area (Å²) in [5.41, 5.74) is 3.03. The highest BCUT2D eigenvalue weighted by Crippen LogP contribution is 2.32. The van der Waals surface area contributed by atoms with Gasteiger partial charge in [-0.05, 0) is 29.2 Å². The van der Waals surface area contributed by atoms with E-state index in [0.717, 1.165) is 16.0 Å². The molecule has 0 spiro atoms. The summed E-state index contributed by atoms with van der Waals surface area (Å²) in [5, 5.41) is 2.61. The molecule has 1 aromatic carbocycles. The first-order valence-corrected chi connectivity index (χ1v) is 11.1. The molecular formula is C24H24N2O4S. The Labute approximate surface area is 184 Å². The first-order valence-electron chi connectivity index (χ1n) is 10.2. The van der Waals surface area contributed by atoms with E-state index in [2.05, 4.69) is 38.1 Å². The molecule has 0 aliphatic rings. The fourth-order valence-corrected chi connectivity index (χ4v) is 4.55. The number of fused-ring (bicyclic) bond motifs is 1. The molecule has 7 heteroatoms. The predicted molar refractivity (Wildman–Crippen MR) is 122 cm³/mol. The number of hydrogen-bond acceptors (Lipinski definition) is 6. The third kappa shape index (κ3) is 3.93. The molecule has 4 rings (SSSR count). The van der Waals surface area contributed by atoms with E-state index < -0.39 is 5.97 Å². The van der Waals surface area contributed by atoms with Crippen molar-refractivity contribution >= 4 is 27.5 Å². The molecule has 4 aromatic rings. The molecule has 6 nitrogen and oxygen atoms in total. The minimum Gasteiger partial charge on any atom is -0.463 e. The van der Waals surface area contributed by atoms with E-state index in [0.29, 0.717) is 29.3 Å². The molecule has 0 fully saturated rings. The Bertz CT molecular complexity index is 1300. The van der Waals surface area contributed by atoms with Gasteiger partial charge < -0.3 is 9.15 Å². The molecule has 0 aliphatic heterocycles. The van der Waals surface area contributed by atoms with Gasteiger partial charge in [0.25, 0.3) is 5.56 Å². The average molecular weight is 437 g/mol. The zero-order valence-corrected chi connectivity index (χ0v) is 18.8. The minimum atomic E-state index is -0.548. The molecule has 31 heavy (non-hydrogen) atoms. The van der Waals surface area contributed by atoms with E-state index in [1.807, 2.05) is 12.3 Å². The maximum Gasteiger partial charge on any atom is 0.373 e. The van der Waals surface area contributed by atoms with Gasteiger partial charge in [-0.1, -0.05) is 45.0 Å². The van der Waals surface area contributed by atoms with Gasteiger partial charge in [0.2, 0.25) is 5.76 Å². The lowest BCUT2D eigenvalue weighted by molar-refractivity contribution is 0.0563. The van der Waals surface area contributed by atoms with Crippen LogP contribution in [0, 0.1) is 0 Å². The van der Waals surface area contributed by atoms with Crippen molar-refractivity contribution in [3.8, 4) is 11.1 Å². The summed E-state index contributed by atoms with van der Waals surface area (Å²) in [6.07, 6.45) is 0.603. The first kappa shape index (κ1) is 21.1. The van der Waals surface area contributed by atoms with Crippen LogP contribution in [0.3, 0.4) is 0 Å². The van der Waals surface area contributed by atoms with E-state index in [9.17, 15) is 9.59 Å². The predicted octanol–water partition coefficient (Wildman–Crippen LogP) is 5.24. The highest BCUT2D eigenvalue weighted by Gasteiger charge is 2.18. The Morgan fingerprint density at radius 2 is 1.94 bits per heavy atom. The van der Waals surface area contributed by atoms with Crippen LogP contribution in [0.15, 0.2) is 51.0 Å². The van der Waals surface area contributed by atoms with Crippen molar-refractivity contribution in [3.63, 3.8) is 0 Å². The van der Waals surface area contributed by atoms with Crippen LogP contribution in [0.1, 0.15) is 54.4 Å². The molecule has 0 atom stereocenters. The van der Waals surface area contributed by atoms with Gasteiger partial charge in [-0.2, -0.15) is 0 Å². The van der Waals surface area contributed by atoms with Gasteiger partial charge in [-0.25, -0.2) is 9.78 Å². The van der Waals surface area contributed by atoms with Crippen LogP contribution in [0.5, 0.6) is 0 Å². The normalized spacial score (nSPS) is 11.4. The summed E-state index contributed by atoms with van der Waals surface area (Å²) < 4.78 is 11.9. The topological polar surface area (TPSA) is 74.3 Å². The second-order valence-corrected chi connectivity index (χ2v) is 8.49. The summed E-state index contributed by atoms with van der Waals surface area (Å²) in [4.78, 5) is 30.7. The van der Waals surface area contributed by atoms with Gasteiger partial charge in [0.1, 0.15) is 16.4 Å². The number of aromatic nitrogens is 2. The summed E-state index contributed by atoms with van der Waals surface area (Å²) in [7, 11) is 1.30. The number of methoxy groups -OCH3 is 1. The molecule has 0 amide bonds. The lowest BCUT2D eigenvalue weighted by Gasteiger charge is -2.11. The molecule has 0 N–H and O–H groups in total.